The number of halogens is 3. The van der Waals surface area contributed by atoms with E-state index in [1.165, 1.54) is 47.8 Å². The van der Waals surface area contributed by atoms with Gasteiger partial charge < -0.3 is 5.32 Å². The zero-order chi connectivity index (χ0) is 21.1. The van der Waals surface area contributed by atoms with Crippen LogP contribution in [0.4, 0.5) is 18.9 Å². The highest BCUT2D eigenvalue weighted by molar-refractivity contribution is 7.89. The van der Waals surface area contributed by atoms with E-state index in [1.54, 1.807) is 13.8 Å². The number of benzene rings is 2. The number of carbonyl (C=O) groups is 1. The minimum Gasteiger partial charge on any atom is -0.326 e. The first kappa shape index (κ1) is 21.9. The van der Waals surface area contributed by atoms with Gasteiger partial charge in [-0.3, -0.25) is 4.79 Å². The summed E-state index contributed by atoms with van der Waals surface area (Å²) < 4.78 is 63.7. The van der Waals surface area contributed by atoms with E-state index in [1.807, 2.05) is 0 Å². The lowest BCUT2D eigenvalue weighted by molar-refractivity contribution is -0.137. The van der Waals surface area contributed by atoms with Crippen LogP contribution in [0, 0.1) is 0 Å². The Morgan fingerprint density at radius 2 is 1.57 bits per heavy atom. The van der Waals surface area contributed by atoms with E-state index in [-0.39, 0.29) is 17.4 Å². The summed E-state index contributed by atoms with van der Waals surface area (Å²) in [7, 11) is -2.13. The maximum Gasteiger partial charge on any atom is 0.416 e. The Hall–Kier alpha value is -2.39. The van der Waals surface area contributed by atoms with Crippen molar-refractivity contribution in [2.24, 2.45) is 0 Å². The zero-order valence-electron chi connectivity index (χ0n) is 15.6. The van der Waals surface area contributed by atoms with Gasteiger partial charge in [-0.2, -0.15) is 17.5 Å². The molecular formula is C19H21F3N2O3S. The second-order valence-corrected chi connectivity index (χ2v) is 8.56. The predicted octanol–water partition coefficient (Wildman–Crippen LogP) is 3.92. The van der Waals surface area contributed by atoms with Crippen LogP contribution in [0.5, 0.6) is 0 Å². The molecule has 0 aromatic heterocycles. The van der Waals surface area contributed by atoms with E-state index in [4.69, 9.17) is 0 Å². The van der Waals surface area contributed by atoms with Crippen molar-refractivity contribution < 1.29 is 26.4 Å². The Balaban J connectivity index is 2.03. The van der Waals surface area contributed by atoms with Gasteiger partial charge in [0.1, 0.15) is 0 Å². The minimum atomic E-state index is -4.42. The van der Waals surface area contributed by atoms with Crippen LogP contribution in [-0.2, 0) is 27.4 Å². The number of rotatable bonds is 6. The average Bonchev–Trinajstić information content (AvgIpc) is 2.61. The van der Waals surface area contributed by atoms with Gasteiger partial charge in [-0.05, 0) is 55.8 Å². The van der Waals surface area contributed by atoms with Crippen LogP contribution in [-0.4, -0.2) is 31.7 Å². The second-order valence-electron chi connectivity index (χ2n) is 6.56. The Kier molecular flexibility index (Phi) is 6.51. The second kappa shape index (κ2) is 8.32. The average molecular weight is 414 g/mol. The van der Waals surface area contributed by atoms with E-state index in [0.29, 0.717) is 11.3 Å². The molecule has 0 radical (unpaired) electrons. The number of hydrogen-bond donors (Lipinski definition) is 1. The zero-order valence-corrected chi connectivity index (χ0v) is 16.4. The molecule has 1 N–H and O–H groups in total. The standard InChI is InChI=1S/C19H21F3N2O3S/c1-13(2)24(3)28(26,27)17-10-8-16(9-11-17)23-18(25)12-14-4-6-15(7-5-14)19(20,21)22/h4-11,13H,12H2,1-3H3,(H,23,25). The molecule has 0 atom stereocenters. The highest BCUT2D eigenvalue weighted by Gasteiger charge is 2.30. The van der Waals surface area contributed by atoms with Crippen LogP contribution in [0.1, 0.15) is 25.0 Å². The molecule has 0 saturated carbocycles. The lowest BCUT2D eigenvalue weighted by Crippen LogP contribution is -2.33. The molecule has 28 heavy (non-hydrogen) atoms. The molecule has 0 aliphatic heterocycles. The molecule has 0 aliphatic carbocycles. The SMILES string of the molecule is CC(C)N(C)S(=O)(=O)c1ccc(NC(=O)Cc2ccc(C(F)(F)F)cc2)cc1. The molecule has 0 bridgehead atoms. The van der Waals surface area contributed by atoms with Gasteiger partial charge in [-0.15, -0.1) is 0 Å². The Labute approximate surface area is 162 Å². The Morgan fingerprint density at radius 1 is 1.04 bits per heavy atom. The predicted molar refractivity (Wildman–Crippen MR) is 100 cm³/mol. The summed E-state index contributed by atoms with van der Waals surface area (Å²) in [6.07, 6.45) is -4.53. The van der Waals surface area contributed by atoms with Crippen LogP contribution in [0.3, 0.4) is 0 Å². The number of nitrogens with zero attached hydrogens (tertiary/aromatic N) is 1. The molecule has 152 valence electrons. The summed E-state index contributed by atoms with van der Waals surface area (Å²) in [6, 6.07) is 9.86. The van der Waals surface area contributed by atoms with Gasteiger partial charge in [-0.1, -0.05) is 12.1 Å². The van der Waals surface area contributed by atoms with E-state index in [2.05, 4.69) is 5.32 Å². The summed E-state index contributed by atoms with van der Waals surface area (Å²) in [5.41, 5.74) is 0.0474. The number of sulfonamides is 1. The number of amides is 1. The first-order valence-corrected chi connectivity index (χ1v) is 9.89. The van der Waals surface area contributed by atoms with Gasteiger partial charge in [0.15, 0.2) is 0 Å². The Morgan fingerprint density at radius 3 is 2.04 bits per heavy atom. The van der Waals surface area contributed by atoms with E-state index >= 15 is 0 Å². The topological polar surface area (TPSA) is 66.5 Å². The molecule has 0 spiro atoms. The molecule has 0 aliphatic rings. The van der Waals surface area contributed by atoms with Crippen molar-refractivity contribution in [3.05, 3.63) is 59.7 Å². The number of alkyl halides is 3. The third kappa shape index (κ3) is 5.32. The summed E-state index contributed by atoms with van der Waals surface area (Å²) in [6.45, 7) is 3.51. The fourth-order valence-corrected chi connectivity index (χ4v) is 3.72. The molecule has 0 unspecified atom stereocenters. The molecule has 1 amide bonds. The molecule has 0 saturated heterocycles. The van der Waals surface area contributed by atoms with Gasteiger partial charge >= 0.3 is 6.18 Å². The molecule has 9 heteroatoms. The number of anilines is 1. The lowest BCUT2D eigenvalue weighted by Gasteiger charge is -2.21. The van der Waals surface area contributed by atoms with E-state index in [0.717, 1.165) is 12.1 Å². The number of carbonyl (C=O) groups excluding carboxylic acids is 1. The van der Waals surface area contributed by atoms with Gasteiger partial charge in [0, 0.05) is 18.8 Å². The van der Waals surface area contributed by atoms with Gasteiger partial charge in [0.25, 0.3) is 0 Å². The first-order valence-electron chi connectivity index (χ1n) is 8.45. The first-order chi connectivity index (χ1) is 12.9. The van der Waals surface area contributed by atoms with Crippen molar-refractivity contribution in [3.8, 4) is 0 Å². The maximum atomic E-state index is 12.6. The molecule has 5 nitrogen and oxygen atoms in total. The smallest absolute Gasteiger partial charge is 0.326 e. The maximum absolute atomic E-state index is 12.6. The third-order valence-corrected chi connectivity index (χ3v) is 6.24. The Bertz CT molecular complexity index is 922. The van der Waals surface area contributed by atoms with Crippen LogP contribution < -0.4 is 5.32 Å². The fraction of sp³-hybridized carbons (Fsp3) is 0.316. The highest BCUT2D eigenvalue weighted by Crippen LogP contribution is 2.29. The van der Waals surface area contributed by atoms with Crippen molar-refractivity contribution in [1.82, 2.24) is 4.31 Å². The summed E-state index contributed by atoms with van der Waals surface area (Å²) in [5, 5.41) is 2.60. The van der Waals surface area contributed by atoms with Crippen LogP contribution >= 0.6 is 0 Å². The molecule has 0 fully saturated rings. The summed E-state index contributed by atoms with van der Waals surface area (Å²) in [4.78, 5) is 12.2. The quantitative estimate of drug-likeness (QED) is 0.779. The van der Waals surface area contributed by atoms with Crippen LogP contribution in [0.25, 0.3) is 0 Å². The van der Waals surface area contributed by atoms with Gasteiger partial charge in [-0.25, -0.2) is 8.42 Å². The summed E-state index contributed by atoms with van der Waals surface area (Å²) >= 11 is 0. The third-order valence-electron chi connectivity index (χ3n) is 4.19. The van der Waals surface area contributed by atoms with Crippen molar-refractivity contribution in [1.29, 1.82) is 0 Å². The normalized spacial score (nSPS) is 12.4. The molecule has 2 aromatic carbocycles. The van der Waals surface area contributed by atoms with Crippen molar-refractivity contribution in [3.63, 3.8) is 0 Å². The monoisotopic (exact) mass is 414 g/mol. The van der Waals surface area contributed by atoms with Gasteiger partial charge in [0.2, 0.25) is 15.9 Å². The van der Waals surface area contributed by atoms with Crippen LogP contribution in [0.2, 0.25) is 0 Å². The van der Waals surface area contributed by atoms with E-state index < -0.39 is 27.7 Å². The van der Waals surface area contributed by atoms with Crippen molar-refractivity contribution in [2.75, 3.05) is 12.4 Å². The molecular weight excluding hydrogens is 393 g/mol. The lowest BCUT2D eigenvalue weighted by atomic mass is 10.1. The number of hydrogen-bond acceptors (Lipinski definition) is 3. The van der Waals surface area contributed by atoms with Crippen molar-refractivity contribution >= 4 is 21.6 Å². The van der Waals surface area contributed by atoms with Crippen LogP contribution in [0.15, 0.2) is 53.4 Å². The van der Waals surface area contributed by atoms with E-state index in [9.17, 15) is 26.4 Å². The molecule has 2 rings (SSSR count). The summed E-state index contributed by atoms with van der Waals surface area (Å²) in [5.74, 6) is -0.422. The minimum absolute atomic E-state index is 0.101. The van der Waals surface area contributed by atoms with Gasteiger partial charge in [0.05, 0.1) is 16.9 Å². The molecule has 0 heterocycles. The van der Waals surface area contributed by atoms with Crippen molar-refractivity contribution in [2.45, 2.75) is 37.4 Å². The highest BCUT2D eigenvalue weighted by atomic mass is 32.2. The number of nitrogens with one attached hydrogen (secondary N) is 1. The molecule has 2 aromatic rings. The fourth-order valence-electron chi connectivity index (χ4n) is 2.36. The largest absolute Gasteiger partial charge is 0.416 e.